The van der Waals surface area contributed by atoms with Crippen molar-refractivity contribution < 1.29 is 32.2 Å². The summed E-state index contributed by atoms with van der Waals surface area (Å²) in [4.78, 5) is 25.3. The van der Waals surface area contributed by atoms with Crippen molar-refractivity contribution in [1.29, 1.82) is 0 Å². The Morgan fingerprint density at radius 2 is 1.70 bits per heavy atom. The second-order valence-electron chi connectivity index (χ2n) is 7.54. The highest BCUT2D eigenvalue weighted by atomic mass is 19.4. The van der Waals surface area contributed by atoms with Crippen molar-refractivity contribution in [3.05, 3.63) is 34.9 Å². The number of rotatable bonds is 2. The molecule has 150 valence electrons. The summed E-state index contributed by atoms with van der Waals surface area (Å²) >= 11 is 0. The summed E-state index contributed by atoms with van der Waals surface area (Å²) in [5.74, 6) is -1.15. The molecule has 0 radical (unpaired) electrons. The molecule has 1 saturated heterocycles. The van der Waals surface area contributed by atoms with Gasteiger partial charge in [0.15, 0.2) is 0 Å². The fourth-order valence-electron chi connectivity index (χ4n) is 3.06. The summed E-state index contributed by atoms with van der Waals surface area (Å²) in [6.07, 6.45) is -4.03. The van der Waals surface area contributed by atoms with Crippen molar-refractivity contribution >= 4 is 12.1 Å². The Labute approximate surface area is 156 Å². The Hall–Kier alpha value is -2.25. The second kappa shape index (κ2) is 7.78. The van der Waals surface area contributed by atoms with Crippen LogP contribution in [-0.4, -0.2) is 42.8 Å². The third-order valence-corrected chi connectivity index (χ3v) is 4.37. The molecule has 0 N–H and O–H groups in total. The molecule has 0 bridgehead atoms. The van der Waals surface area contributed by atoms with Crippen LogP contribution in [0.1, 0.15) is 61.0 Å². The maximum absolute atomic E-state index is 13.3. The number of piperidine rings is 1. The van der Waals surface area contributed by atoms with Crippen LogP contribution in [-0.2, 0) is 15.7 Å². The summed E-state index contributed by atoms with van der Waals surface area (Å²) in [5, 5.41) is 0. The van der Waals surface area contributed by atoms with Gasteiger partial charge in [0, 0.05) is 13.1 Å². The normalized spacial score (nSPS) is 16.2. The van der Waals surface area contributed by atoms with Gasteiger partial charge in [0.1, 0.15) is 5.60 Å². The number of amides is 1. The molecule has 0 saturated carbocycles. The van der Waals surface area contributed by atoms with Crippen LogP contribution >= 0.6 is 0 Å². The fraction of sp³-hybridized carbons (Fsp3) is 0.579. The molecule has 0 atom stereocenters. The predicted molar refractivity (Wildman–Crippen MR) is 92.6 cm³/mol. The van der Waals surface area contributed by atoms with Crippen molar-refractivity contribution in [2.75, 3.05) is 20.2 Å². The number of alkyl halides is 3. The van der Waals surface area contributed by atoms with Gasteiger partial charge in [0.2, 0.25) is 0 Å². The molecule has 1 aliphatic heterocycles. The smallest absolute Gasteiger partial charge is 0.417 e. The van der Waals surface area contributed by atoms with E-state index < -0.39 is 35.0 Å². The lowest BCUT2D eigenvalue weighted by Gasteiger charge is -2.33. The van der Waals surface area contributed by atoms with E-state index in [1.165, 1.54) is 6.07 Å². The highest BCUT2D eigenvalue weighted by Crippen LogP contribution is 2.36. The van der Waals surface area contributed by atoms with Crippen molar-refractivity contribution in [3.8, 4) is 0 Å². The Bertz CT molecular complexity index is 702. The number of benzene rings is 1. The molecule has 8 heteroatoms. The molecule has 27 heavy (non-hydrogen) atoms. The van der Waals surface area contributed by atoms with E-state index in [9.17, 15) is 22.8 Å². The molecule has 2 rings (SSSR count). The monoisotopic (exact) mass is 387 g/mol. The Morgan fingerprint density at radius 3 is 2.19 bits per heavy atom. The molecule has 1 amide bonds. The predicted octanol–water partition coefficient (Wildman–Crippen LogP) is 4.61. The van der Waals surface area contributed by atoms with Crippen LogP contribution in [0.25, 0.3) is 0 Å². The number of carbonyl (C=O) groups excluding carboxylic acids is 2. The minimum atomic E-state index is -4.66. The average Bonchev–Trinajstić information content (AvgIpc) is 2.58. The Morgan fingerprint density at radius 1 is 1.11 bits per heavy atom. The zero-order valence-corrected chi connectivity index (χ0v) is 15.9. The standard InChI is InChI=1S/C19H24F3NO4/c1-18(2,3)27-17(25)23-9-7-12(8-10-23)13-5-6-14(16(24)26-4)15(11-13)19(20,21)22/h5-6,11-12H,7-10H2,1-4H3. The van der Waals surface area contributed by atoms with E-state index in [4.69, 9.17) is 4.74 Å². The van der Waals surface area contributed by atoms with Crippen LogP contribution in [0, 0.1) is 0 Å². The number of hydrogen-bond donors (Lipinski definition) is 0. The van der Waals surface area contributed by atoms with Gasteiger partial charge in [0.05, 0.1) is 18.2 Å². The number of ether oxygens (including phenoxy) is 2. The summed E-state index contributed by atoms with van der Waals surface area (Å²) in [7, 11) is 1.04. The number of hydrogen-bond acceptors (Lipinski definition) is 4. The van der Waals surface area contributed by atoms with Gasteiger partial charge in [-0.1, -0.05) is 6.07 Å². The minimum Gasteiger partial charge on any atom is -0.465 e. The lowest BCUT2D eigenvalue weighted by Crippen LogP contribution is -2.41. The molecule has 0 unspecified atom stereocenters. The molecule has 5 nitrogen and oxygen atoms in total. The van der Waals surface area contributed by atoms with Crippen LogP contribution in [0.4, 0.5) is 18.0 Å². The first-order valence-corrected chi connectivity index (χ1v) is 8.70. The van der Waals surface area contributed by atoms with Crippen molar-refractivity contribution in [3.63, 3.8) is 0 Å². The maximum atomic E-state index is 13.3. The molecule has 1 fully saturated rings. The average molecular weight is 387 g/mol. The third kappa shape index (κ3) is 5.37. The topological polar surface area (TPSA) is 55.8 Å². The van der Waals surface area contributed by atoms with Gasteiger partial charge in [0.25, 0.3) is 0 Å². The zero-order chi connectivity index (χ0) is 20.4. The first-order valence-electron chi connectivity index (χ1n) is 8.70. The van der Waals surface area contributed by atoms with E-state index in [2.05, 4.69) is 4.74 Å². The second-order valence-corrected chi connectivity index (χ2v) is 7.54. The van der Waals surface area contributed by atoms with E-state index in [1.807, 2.05) is 0 Å². The van der Waals surface area contributed by atoms with Crippen molar-refractivity contribution in [2.24, 2.45) is 0 Å². The molecule has 1 heterocycles. The van der Waals surface area contributed by atoms with Crippen LogP contribution in [0.3, 0.4) is 0 Å². The minimum absolute atomic E-state index is 0.128. The number of nitrogens with zero attached hydrogens (tertiary/aromatic N) is 1. The first-order chi connectivity index (χ1) is 12.4. The van der Waals surface area contributed by atoms with Crippen molar-refractivity contribution in [2.45, 2.75) is 51.3 Å². The van der Waals surface area contributed by atoms with Gasteiger partial charge in [-0.15, -0.1) is 0 Å². The fourth-order valence-corrected chi connectivity index (χ4v) is 3.06. The summed E-state index contributed by atoms with van der Waals surface area (Å²) < 4.78 is 49.8. The molecule has 0 spiro atoms. The molecular weight excluding hydrogens is 363 g/mol. The number of esters is 1. The van der Waals surface area contributed by atoms with E-state index in [1.54, 1.807) is 25.7 Å². The maximum Gasteiger partial charge on any atom is 0.417 e. The number of likely N-dealkylation sites (tertiary alicyclic amines) is 1. The molecule has 1 aliphatic rings. The highest BCUT2D eigenvalue weighted by molar-refractivity contribution is 5.91. The molecular formula is C19H24F3NO4. The van der Waals surface area contributed by atoms with Gasteiger partial charge >= 0.3 is 18.2 Å². The Balaban J connectivity index is 2.14. The van der Waals surface area contributed by atoms with Crippen LogP contribution in [0.15, 0.2) is 18.2 Å². The number of carbonyl (C=O) groups is 2. The largest absolute Gasteiger partial charge is 0.465 e. The molecule has 1 aromatic carbocycles. The summed E-state index contributed by atoms with van der Waals surface area (Å²) in [6, 6.07) is 3.69. The van der Waals surface area contributed by atoms with Crippen LogP contribution in [0.2, 0.25) is 0 Å². The number of halogens is 3. The van der Waals surface area contributed by atoms with E-state index >= 15 is 0 Å². The highest BCUT2D eigenvalue weighted by Gasteiger charge is 2.37. The quantitative estimate of drug-likeness (QED) is 0.696. The zero-order valence-electron chi connectivity index (χ0n) is 15.9. The summed E-state index contributed by atoms with van der Waals surface area (Å²) in [6.45, 7) is 6.14. The van der Waals surface area contributed by atoms with E-state index in [-0.39, 0.29) is 5.92 Å². The SMILES string of the molecule is COC(=O)c1ccc(C2CCN(C(=O)OC(C)(C)C)CC2)cc1C(F)(F)F. The lowest BCUT2D eigenvalue weighted by molar-refractivity contribution is -0.138. The first kappa shape index (κ1) is 21.1. The van der Waals surface area contributed by atoms with E-state index in [0.717, 1.165) is 19.2 Å². The van der Waals surface area contributed by atoms with Gasteiger partial charge in [-0.05, 0) is 57.2 Å². The van der Waals surface area contributed by atoms with E-state index in [0.29, 0.717) is 31.5 Å². The van der Waals surface area contributed by atoms with Crippen LogP contribution < -0.4 is 0 Å². The lowest BCUT2D eigenvalue weighted by atomic mass is 9.87. The van der Waals surface area contributed by atoms with Gasteiger partial charge in [-0.25, -0.2) is 9.59 Å². The molecule has 0 aromatic heterocycles. The van der Waals surface area contributed by atoms with Gasteiger partial charge in [-0.2, -0.15) is 13.2 Å². The van der Waals surface area contributed by atoms with Crippen molar-refractivity contribution in [1.82, 2.24) is 4.90 Å². The third-order valence-electron chi connectivity index (χ3n) is 4.37. The molecule has 1 aromatic rings. The van der Waals surface area contributed by atoms with Gasteiger partial charge < -0.3 is 14.4 Å². The number of methoxy groups -OCH3 is 1. The summed E-state index contributed by atoms with van der Waals surface area (Å²) in [5.41, 5.74) is -1.60. The Kier molecular flexibility index (Phi) is 6.07. The molecule has 0 aliphatic carbocycles. The van der Waals surface area contributed by atoms with Gasteiger partial charge in [-0.3, -0.25) is 0 Å². The van der Waals surface area contributed by atoms with Crippen LogP contribution in [0.5, 0.6) is 0 Å².